The monoisotopic (exact) mass is 323 g/mol. The predicted octanol–water partition coefficient (Wildman–Crippen LogP) is 2.89. The zero-order chi connectivity index (χ0) is 17.1. The third-order valence-corrected chi connectivity index (χ3v) is 4.76. The summed E-state index contributed by atoms with van der Waals surface area (Å²) in [4.78, 5) is 26.8. The third kappa shape index (κ3) is 1.67. The van der Waals surface area contributed by atoms with Crippen molar-refractivity contribution in [2.24, 2.45) is 0 Å². The second-order valence-corrected chi connectivity index (χ2v) is 6.02. The van der Waals surface area contributed by atoms with Crippen molar-refractivity contribution in [1.82, 2.24) is 0 Å². The molecule has 2 atom stereocenters. The minimum atomic E-state index is -1.47. The van der Waals surface area contributed by atoms with E-state index in [2.05, 4.69) is 6.58 Å². The van der Waals surface area contributed by atoms with E-state index in [0.717, 1.165) is 0 Å². The van der Waals surface area contributed by atoms with Gasteiger partial charge in [0.05, 0.1) is 11.6 Å². The summed E-state index contributed by atoms with van der Waals surface area (Å²) in [5, 5.41) is 0. The van der Waals surface area contributed by atoms with Gasteiger partial charge in [0, 0.05) is 18.2 Å². The number of likely N-dealkylation sites (N-methyl/N-ethyl adjacent to an activating group) is 1. The summed E-state index contributed by atoms with van der Waals surface area (Å²) in [5.74, 6) is -2.02. The van der Waals surface area contributed by atoms with Gasteiger partial charge in [-0.1, -0.05) is 36.9 Å². The Hall–Kier alpha value is -2.95. The van der Waals surface area contributed by atoms with Crippen molar-refractivity contribution in [2.45, 2.75) is 11.5 Å². The standard InChI is InChI=1S/C19H14FNO3/c1-11-16(12-7-9-13(20)10-8-12)19(24-17(11)22)14-5-3-4-6-15(14)21(2)18(19)23/h3-10,16H,1H2,2H3/t16-,19-/m0/s1. The zero-order valence-corrected chi connectivity index (χ0v) is 13.0. The van der Waals surface area contributed by atoms with Crippen LogP contribution in [0.15, 0.2) is 60.7 Å². The van der Waals surface area contributed by atoms with Crippen LogP contribution in [-0.2, 0) is 19.9 Å². The molecule has 0 aliphatic carbocycles. The van der Waals surface area contributed by atoms with E-state index in [-0.39, 0.29) is 17.3 Å². The van der Waals surface area contributed by atoms with Gasteiger partial charge in [-0.25, -0.2) is 9.18 Å². The summed E-state index contributed by atoms with van der Waals surface area (Å²) in [6.45, 7) is 3.83. The van der Waals surface area contributed by atoms with Gasteiger partial charge in [-0.2, -0.15) is 0 Å². The maximum absolute atomic E-state index is 13.3. The van der Waals surface area contributed by atoms with Gasteiger partial charge in [0.1, 0.15) is 5.82 Å². The van der Waals surface area contributed by atoms with Crippen LogP contribution in [-0.4, -0.2) is 18.9 Å². The number of nitrogens with zero attached hydrogens (tertiary/aromatic N) is 1. The Kier molecular flexibility index (Phi) is 2.91. The van der Waals surface area contributed by atoms with Gasteiger partial charge in [0.2, 0.25) is 5.60 Å². The van der Waals surface area contributed by atoms with Gasteiger partial charge >= 0.3 is 5.97 Å². The average Bonchev–Trinajstić information content (AvgIpc) is 2.97. The molecule has 2 aromatic rings. The van der Waals surface area contributed by atoms with Crippen LogP contribution < -0.4 is 4.90 Å². The minimum Gasteiger partial charge on any atom is -0.439 e. The summed E-state index contributed by atoms with van der Waals surface area (Å²) >= 11 is 0. The summed E-state index contributed by atoms with van der Waals surface area (Å²) in [5.41, 5.74) is 0.652. The van der Waals surface area contributed by atoms with Crippen molar-refractivity contribution in [3.8, 4) is 0 Å². The lowest BCUT2D eigenvalue weighted by Gasteiger charge is -2.28. The smallest absolute Gasteiger partial charge is 0.335 e. The molecule has 2 aliphatic rings. The average molecular weight is 323 g/mol. The highest BCUT2D eigenvalue weighted by atomic mass is 19.1. The number of carbonyl (C=O) groups is 2. The minimum absolute atomic E-state index is 0.195. The molecule has 4 rings (SSSR count). The Bertz CT molecular complexity index is 890. The molecule has 1 saturated heterocycles. The van der Waals surface area contributed by atoms with Crippen molar-refractivity contribution in [3.05, 3.63) is 77.6 Å². The molecule has 4 nitrogen and oxygen atoms in total. The number of para-hydroxylation sites is 1. The molecule has 24 heavy (non-hydrogen) atoms. The van der Waals surface area contributed by atoms with Crippen LogP contribution in [0.5, 0.6) is 0 Å². The second kappa shape index (κ2) is 4.77. The Balaban J connectivity index is 1.98. The predicted molar refractivity (Wildman–Crippen MR) is 85.9 cm³/mol. The first kappa shape index (κ1) is 14.6. The molecule has 0 radical (unpaired) electrons. The SMILES string of the molecule is C=C1C(=O)O[C@]2(C(=O)N(C)c3ccccc32)[C@@H]1c1ccc(F)cc1. The van der Waals surface area contributed by atoms with E-state index in [1.165, 1.54) is 17.0 Å². The third-order valence-electron chi connectivity index (χ3n) is 4.76. The van der Waals surface area contributed by atoms with Crippen LogP contribution >= 0.6 is 0 Å². The normalized spacial score (nSPS) is 25.3. The number of hydrogen-bond acceptors (Lipinski definition) is 3. The highest BCUT2D eigenvalue weighted by Crippen LogP contribution is 2.56. The van der Waals surface area contributed by atoms with Gasteiger partial charge in [0.25, 0.3) is 5.91 Å². The Morgan fingerprint density at radius 3 is 2.50 bits per heavy atom. The molecule has 1 fully saturated rings. The summed E-state index contributed by atoms with van der Waals surface area (Å²) in [7, 11) is 1.65. The molecular formula is C19H14FNO3. The molecule has 5 heteroatoms. The number of hydrogen-bond donors (Lipinski definition) is 0. The number of halogens is 1. The van der Waals surface area contributed by atoms with Gasteiger partial charge in [-0.05, 0) is 23.8 Å². The first-order valence-corrected chi connectivity index (χ1v) is 7.52. The fourth-order valence-corrected chi connectivity index (χ4v) is 3.66. The van der Waals surface area contributed by atoms with E-state index in [1.54, 1.807) is 37.4 Å². The second-order valence-electron chi connectivity index (χ2n) is 6.02. The van der Waals surface area contributed by atoms with Crippen molar-refractivity contribution in [2.75, 3.05) is 11.9 Å². The molecule has 0 saturated carbocycles. The summed E-state index contributed by atoms with van der Waals surface area (Å²) in [6.07, 6.45) is 0. The molecule has 0 N–H and O–H groups in total. The van der Waals surface area contributed by atoms with Crippen LogP contribution in [0.25, 0.3) is 0 Å². The van der Waals surface area contributed by atoms with E-state index in [4.69, 9.17) is 4.74 Å². The molecule has 120 valence electrons. The van der Waals surface area contributed by atoms with Crippen molar-refractivity contribution in [3.63, 3.8) is 0 Å². The van der Waals surface area contributed by atoms with E-state index in [0.29, 0.717) is 16.8 Å². The number of carbonyl (C=O) groups excluding carboxylic acids is 2. The maximum Gasteiger partial charge on any atom is 0.335 e. The molecule has 1 amide bonds. The molecule has 2 heterocycles. The zero-order valence-electron chi connectivity index (χ0n) is 13.0. The Morgan fingerprint density at radius 2 is 1.79 bits per heavy atom. The van der Waals surface area contributed by atoms with Crippen LogP contribution in [0.4, 0.5) is 10.1 Å². The summed E-state index contributed by atoms with van der Waals surface area (Å²) in [6, 6.07) is 12.9. The molecular weight excluding hydrogens is 309 g/mol. The molecule has 0 bridgehead atoms. The van der Waals surface area contributed by atoms with Crippen LogP contribution in [0, 0.1) is 5.82 Å². The Morgan fingerprint density at radius 1 is 1.12 bits per heavy atom. The largest absolute Gasteiger partial charge is 0.439 e. The van der Waals surface area contributed by atoms with Crippen molar-refractivity contribution < 1.29 is 18.7 Å². The number of rotatable bonds is 1. The van der Waals surface area contributed by atoms with Crippen molar-refractivity contribution >= 4 is 17.6 Å². The van der Waals surface area contributed by atoms with E-state index in [1.807, 2.05) is 6.07 Å². The fourth-order valence-electron chi connectivity index (χ4n) is 3.66. The van der Waals surface area contributed by atoms with Crippen molar-refractivity contribution in [1.29, 1.82) is 0 Å². The van der Waals surface area contributed by atoms with E-state index >= 15 is 0 Å². The fraction of sp³-hybridized carbons (Fsp3) is 0.158. The molecule has 0 unspecified atom stereocenters. The quantitative estimate of drug-likeness (QED) is 0.599. The lowest BCUT2D eigenvalue weighted by molar-refractivity contribution is -0.157. The number of fused-ring (bicyclic) bond motifs is 2. The first-order chi connectivity index (χ1) is 11.5. The molecule has 0 aromatic heterocycles. The van der Waals surface area contributed by atoms with Crippen LogP contribution in [0.1, 0.15) is 17.0 Å². The lowest BCUT2D eigenvalue weighted by Crippen LogP contribution is -2.42. The number of ether oxygens (including phenoxy) is 1. The summed E-state index contributed by atoms with van der Waals surface area (Å²) < 4.78 is 18.9. The van der Waals surface area contributed by atoms with Crippen LogP contribution in [0.3, 0.4) is 0 Å². The molecule has 1 spiro atoms. The highest BCUT2D eigenvalue weighted by molar-refractivity contribution is 6.12. The van der Waals surface area contributed by atoms with Crippen LogP contribution in [0.2, 0.25) is 0 Å². The van der Waals surface area contributed by atoms with Gasteiger partial charge < -0.3 is 9.64 Å². The van der Waals surface area contributed by atoms with Gasteiger partial charge in [-0.3, -0.25) is 4.79 Å². The van der Waals surface area contributed by atoms with E-state index < -0.39 is 17.5 Å². The molecule has 2 aliphatic heterocycles. The number of amides is 1. The van der Waals surface area contributed by atoms with Gasteiger partial charge in [-0.15, -0.1) is 0 Å². The molecule has 2 aromatic carbocycles. The number of benzene rings is 2. The number of esters is 1. The first-order valence-electron chi connectivity index (χ1n) is 7.52. The lowest BCUT2D eigenvalue weighted by atomic mass is 9.76. The number of anilines is 1. The topological polar surface area (TPSA) is 46.6 Å². The van der Waals surface area contributed by atoms with Gasteiger partial charge in [0.15, 0.2) is 0 Å². The maximum atomic E-state index is 13.3. The highest BCUT2D eigenvalue weighted by Gasteiger charge is 2.64. The van der Waals surface area contributed by atoms with E-state index in [9.17, 15) is 14.0 Å². The Labute approximate surface area is 138 Å².